The average molecular weight is 187 g/mol. The largest absolute Gasteiger partial charge is 0.264 e. The van der Waals surface area contributed by atoms with Crippen LogP contribution in [0.2, 0.25) is 0 Å². The van der Waals surface area contributed by atoms with Crippen LogP contribution in [0.3, 0.4) is 0 Å². The Hall–Kier alpha value is -0.600. The molecule has 0 spiro atoms. The molecular weight excluding hydrogens is 166 g/mol. The van der Waals surface area contributed by atoms with Gasteiger partial charge in [0.15, 0.2) is 0 Å². The van der Waals surface area contributed by atoms with Crippen molar-refractivity contribution in [2.24, 2.45) is 5.92 Å². The third-order valence-electron chi connectivity index (χ3n) is 2.28. The molecule has 0 unspecified atom stereocenters. The molecule has 13 heavy (non-hydrogen) atoms. The van der Waals surface area contributed by atoms with Gasteiger partial charge in [0.1, 0.15) is 0 Å². The van der Waals surface area contributed by atoms with Crippen LogP contribution in [-0.2, 0) is 0 Å². The highest BCUT2D eigenvalue weighted by atomic mass is 16.6. The van der Waals surface area contributed by atoms with Crippen LogP contribution in [0.5, 0.6) is 0 Å². The first-order valence-electron chi connectivity index (χ1n) is 5.25. The SMILES string of the molecule is CC1CCC([N+](=O)[O-])CC1.CCC. The fraction of sp³-hybridized carbons (Fsp3) is 1.00. The minimum Gasteiger partial charge on any atom is -0.264 e. The second-order valence-corrected chi connectivity index (χ2v) is 3.91. The number of nitro groups is 1. The molecule has 0 aromatic heterocycles. The Balaban J connectivity index is 0.000000424. The molecule has 0 aromatic rings. The van der Waals surface area contributed by atoms with E-state index in [1.807, 2.05) is 0 Å². The van der Waals surface area contributed by atoms with Crippen LogP contribution in [0.25, 0.3) is 0 Å². The van der Waals surface area contributed by atoms with E-state index < -0.39 is 0 Å². The molecule has 0 N–H and O–H groups in total. The van der Waals surface area contributed by atoms with E-state index in [2.05, 4.69) is 20.8 Å². The van der Waals surface area contributed by atoms with Gasteiger partial charge >= 0.3 is 0 Å². The molecule has 1 fully saturated rings. The number of hydrogen-bond acceptors (Lipinski definition) is 2. The van der Waals surface area contributed by atoms with Gasteiger partial charge in [0, 0.05) is 17.8 Å². The van der Waals surface area contributed by atoms with E-state index in [4.69, 9.17) is 0 Å². The monoisotopic (exact) mass is 187 g/mol. The summed E-state index contributed by atoms with van der Waals surface area (Å²) >= 11 is 0. The fourth-order valence-electron chi connectivity index (χ4n) is 1.45. The summed E-state index contributed by atoms with van der Waals surface area (Å²) in [7, 11) is 0. The molecule has 1 rings (SSSR count). The molecule has 3 nitrogen and oxygen atoms in total. The van der Waals surface area contributed by atoms with Gasteiger partial charge in [-0.1, -0.05) is 27.2 Å². The molecule has 0 aromatic carbocycles. The summed E-state index contributed by atoms with van der Waals surface area (Å²) in [6, 6.07) is -0.240. The normalized spacial score (nSPS) is 27.3. The second kappa shape index (κ2) is 6.87. The van der Waals surface area contributed by atoms with Gasteiger partial charge in [-0.25, -0.2) is 0 Å². The first-order valence-corrected chi connectivity index (χ1v) is 5.25. The van der Waals surface area contributed by atoms with Crippen LogP contribution < -0.4 is 0 Å². The van der Waals surface area contributed by atoms with Crippen molar-refractivity contribution in [3.05, 3.63) is 10.1 Å². The molecule has 0 saturated heterocycles. The Morgan fingerprint density at radius 2 is 1.62 bits per heavy atom. The fourth-order valence-corrected chi connectivity index (χ4v) is 1.45. The topological polar surface area (TPSA) is 43.1 Å². The molecule has 0 radical (unpaired) electrons. The lowest BCUT2D eigenvalue weighted by Gasteiger charge is -2.19. The minimum absolute atomic E-state index is 0.133. The standard InChI is InChI=1S/C7H13NO2.C3H8/c1-6-2-4-7(5-3-6)8(9)10;1-3-2/h6-7H,2-5H2,1H3;3H2,1-2H3. The lowest BCUT2D eigenvalue weighted by atomic mass is 9.88. The van der Waals surface area contributed by atoms with Crippen LogP contribution in [0, 0.1) is 16.0 Å². The summed E-state index contributed by atoms with van der Waals surface area (Å²) in [6.45, 7) is 6.41. The van der Waals surface area contributed by atoms with E-state index in [1.165, 1.54) is 6.42 Å². The van der Waals surface area contributed by atoms with Gasteiger partial charge < -0.3 is 0 Å². The molecular formula is C10H21NO2. The predicted molar refractivity (Wildman–Crippen MR) is 54.4 cm³/mol. The van der Waals surface area contributed by atoms with Gasteiger partial charge in [0.2, 0.25) is 6.04 Å². The highest BCUT2D eigenvalue weighted by molar-refractivity contribution is 4.68. The quantitative estimate of drug-likeness (QED) is 0.467. The summed E-state index contributed by atoms with van der Waals surface area (Å²) in [5.74, 6) is 0.705. The number of hydrogen-bond donors (Lipinski definition) is 0. The van der Waals surface area contributed by atoms with Crippen LogP contribution in [0.1, 0.15) is 52.9 Å². The van der Waals surface area contributed by atoms with Crippen molar-refractivity contribution in [3.8, 4) is 0 Å². The van der Waals surface area contributed by atoms with E-state index in [-0.39, 0.29) is 11.0 Å². The van der Waals surface area contributed by atoms with Crippen molar-refractivity contribution >= 4 is 0 Å². The van der Waals surface area contributed by atoms with Gasteiger partial charge in [-0.05, 0) is 18.8 Å². The zero-order valence-electron chi connectivity index (χ0n) is 8.95. The van der Waals surface area contributed by atoms with Gasteiger partial charge in [0.25, 0.3) is 0 Å². The van der Waals surface area contributed by atoms with Crippen LogP contribution in [0.15, 0.2) is 0 Å². The van der Waals surface area contributed by atoms with Crippen LogP contribution in [0.4, 0.5) is 0 Å². The van der Waals surface area contributed by atoms with E-state index >= 15 is 0 Å². The van der Waals surface area contributed by atoms with Crippen LogP contribution >= 0.6 is 0 Å². The molecule has 3 heteroatoms. The number of nitrogens with zero attached hydrogens (tertiary/aromatic N) is 1. The van der Waals surface area contributed by atoms with Crippen molar-refractivity contribution in [2.75, 3.05) is 0 Å². The second-order valence-electron chi connectivity index (χ2n) is 3.91. The van der Waals surface area contributed by atoms with Gasteiger partial charge in [0.05, 0.1) is 0 Å². The summed E-state index contributed by atoms with van der Waals surface area (Å²) in [4.78, 5) is 10.1. The highest BCUT2D eigenvalue weighted by Crippen LogP contribution is 2.24. The average Bonchev–Trinajstić information content (AvgIpc) is 2.06. The molecule has 0 atom stereocenters. The summed E-state index contributed by atoms with van der Waals surface area (Å²) in [5.41, 5.74) is 0. The van der Waals surface area contributed by atoms with Crippen molar-refractivity contribution in [2.45, 2.75) is 58.9 Å². The van der Waals surface area contributed by atoms with E-state index in [0.717, 1.165) is 25.7 Å². The molecule has 78 valence electrons. The van der Waals surface area contributed by atoms with Crippen molar-refractivity contribution < 1.29 is 4.92 Å². The van der Waals surface area contributed by atoms with Crippen LogP contribution in [-0.4, -0.2) is 11.0 Å². The zero-order valence-corrected chi connectivity index (χ0v) is 8.95. The minimum atomic E-state index is -0.240. The summed E-state index contributed by atoms with van der Waals surface area (Å²) in [5, 5.41) is 10.3. The zero-order chi connectivity index (χ0) is 10.3. The number of rotatable bonds is 1. The van der Waals surface area contributed by atoms with Gasteiger partial charge in [-0.15, -0.1) is 0 Å². The third-order valence-corrected chi connectivity index (χ3v) is 2.28. The van der Waals surface area contributed by atoms with Crippen molar-refractivity contribution in [3.63, 3.8) is 0 Å². The Labute approximate surface area is 80.7 Å². The predicted octanol–water partition coefficient (Wildman–Crippen LogP) is 3.26. The maximum absolute atomic E-state index is 10.3. The first kappa shape index (κ1) is 12.4. The summed E-state index contributed by atoms with van der Waals surface area (Å²) < 4.78 is 0. The first-order chi connectivity index (χ1) is 6.11. The lowest BCUT2D eigenvalue weighted by molar-refractivity contribution is -0.526. The summed E-state index contributed by atoms with van der Waals surface area (Å²) in [6.07, 6.45) is 4.89. The Morgan fingerprint density at radius 1 is 1.23 bits per heavy atom. The molecule has 1 aliphatic rings. The third kappa shape index (κ3) is 5.61. The van der Waals surface area contributed by atoms with Crippen molar-refractivity contribution in [1.29, 1.82) is 0 Å². The van der Waals surface area contributed by atoms with E-state index in [9.17, 15) is 10.1 Å². The molecule has 1 aliphatic carbocycles. The molecule has 0 heterocycles. The maximum atomic E-state index is 10.3. The molecule has 0 aliphatic heterocycles. The van der Waals surface area contributed by atoms with E-state index in [1.54, 1.807) is 0 Å². The lowest BCUT2D eigenvalue weighted by Crippen LogP contribution is -2.24. The van der Waals surface area contributed by atoms with Gasteiger partial charge in [-0.3, -0.25) is 10.1 Å². The Morgan fingerprint density at radius 3 is 1.92 bits per heavy atom. The Bertz CT molecular complexity index is 140. The molecule has 1 saturated carbocycles. The van der Waals surface area contributed by atoms with Gasteiger partial charge in [-0.2, -0.15) is 0 Å². The smallest absolute Gasteiger partial charge is 0.213 e. The highest BCUT2D eigenvalue weighted by Gasteiger charge is 2.25. The van der Waals surface area contributed by atoms with E-state index in [0.29, 0.717) is 5.92 Å². The molecule has 0 bridgehead atoms. The maximum Gasteiger partial charge on any atom is 0.213 e. The Kier molecular flexibility index (Phi) is 6.55. The molecule has 0 amide bonds. The van der Waals surface area contributed by atoms with Crippen molar-refractivity contribution in [1.82, 2.24) is 0 Å².